The summed E-state index contributed by atoms with van der Waals surface area (Å²) >= 11 is 1.37. The summed E-state index contributed by atoms with van der Waals surface area (Å²) in [6.07, 6.45) is 2.67. The molecule has 0 radical (unpaired) electrons. The van der Waals surface area contributed by atoms with E-state index in [1.165, 1.54) is 17.8 Å². The second-order valence-corrected chi connectivity index (χ2v) is 6.14. The number of imidazole rings is 1. The third kappa shape index (κ3) is 3.16. The van der Waals surface area contributed by atoms with E-state index < -0.39 is 0 Å². The third-order valence-electron chi connectivity index (χ3n) is 3.47. The standard InChI is InChI=1S/C15H16N6O2S/c1-2-7-20-9-17-12-13(20)18-15(16)19-14(12)24-8-10-5-3-4-6-11(10)21(22)23/h3-6,9H,2,7-8H2,1H3,(H2,16,18,19). The fraction of sp³-hybridized carbons (Fsp3) is 0.267. The topological polar surface area (TPSA) is 113 Å². The van der Waals surface area contributed by atoms with Crippen molar-refractivity contribution in [2.45, 2.75) is 30.7 Å². The zero-order chi connectivity index (χ0) is 17.1. The second-order valence-electron chi connectivity index (χ2n) is 5.17. The Bertz CT molecular complexity index is 895. The molecule has 3 rings (SSSR count). The molecule has 8 nitrogen and oxygen atoms in total. The summed E-state index contributed by atoms with van der Waals surface area (Å²) in [4.78, 5) is 23.6. The summed E-state index contributed by atoms with van der Waals surface area (Å²) in [7, 11) is 0. The monoisotopic (exact) mass is 344 g/mol. The minimum atomic E-state index is -0.379. The number of nitro benzene ring substituents is 1. The average molecular weight is 344 g/mol. The predicted molar refractivity (Wildman–Crippen MR) is 92.7 cm³/mol. The van der Waals surface area contributed by atoms with Gasteiger partial charge in [-0.25, -0.2) is 9.97 Å². The van der Waals surface area contributed by atoms with Crippen molar-refractivity contribution in [3.63, 3.8) is 0 Å². The second kappa shape index (κ2) is 6.83. The SMILES string of the molecule is CCCn1cnc2c(SCc3ccccc3[N+](=O)[O-])nc(N)nc21. The molecule has 0 aliphatic rings. The molecular weight excluding hydrogens is 328 g/mol. The van der Waals surface area contributed by atoms with Crippen molar-refractivity contribution in [2.75, 3.05) is 5.73 Å². The van der Waals surface area contributed by atoms with Gasteiger partial charge < -0.3 is 10.3 Å². The molecule has 3 aromatic rings. The van der Waals surface area contributed by atoms with Gasteiger partial charge in [0, 0.05) is 23.9 Å². The lowest BCUT2D eigenvalue weighted by atomic mass is 10.2. The number of rotatable bonds is 6. The summed E-state index contributed by atoms with van der Waals surface area (Å²) in [5, 5.41) is 11.7. The number of hydrogen-bond donors (Lipinski definition) is 1. The summed E-state index contributed by atoms with van der Waals surface area (Å²) in [5.74, 6) is 0.578. The number of aryl methyl sites for hydroxylation is 1. The van der Waals surface area contributed by atoms with Crippen LogP contribution < -0.4 is 5.73 Å². The number of fused-ring (bicyclic) bond motifs is 1. The molecule has 0 bridgehead atoms. The molecule has 0 unspecified atom stereocenters. The highest BCUT2D eigenvalue weighted by Gasteiger charge is 2.16. The van der Waals surface area contributed by atoms with E-state index in [1.54, 1.807) is 24.5 Å². The van der Waals surface area contributed by atoms with Crippen LogP contribution in [0.4, 0.5) is 11.6 Å². The highest BCUT2D eigenvalue weighted by atomic mass is 32.2. The number of nitrogen functional groups attached to an aromatic ring is 1. The average Bonchev–Trinajstić information content (AvgIpc) is 2.96. The van der Waals surface area contributed by atoms with Crippen LogP contribution in [0.15, 0.2) is 35.6 Å². The maximum absolute atomic E-state index is 11.1. The molecular formula is C15H16N6O2S. The number of benzene rings is 1. The van der Waals surface area contributed by atoms with Gasteiger partial charge in [-0.15, -0.1) is 0 Å². The van der Waals surface area contributed by atoms with Crippen LogP contribution in [0, 0.1) is 10.1 Å². The number of anilines is 1. The highest BCUT2D eigenvalue weighted by Crippen LogP contribution is 2.30. The zero-order valence-electron chi connectivity index (χ0n) is 13.0. The van der Waals surface area contributed by atoms with Gasteiger partial charge in [0.2, 0.25) is 5.95 Å². The van der Waals surface area contributed by atoms with Crippen molar-refractivity contribution >= 4 is 34.6 Å². The van der Waals surface area contributed by atoms with E-state index in [0.717, 1.165) is 13.0 Å². The molecule has 0 amide bonds. The Labute approximate surface area is 142 Å². The van der Waals surface area contributed by atoms with Crippen LogP contribution in [-0.2, 0) is 12.3 Å². The van der Waals surface area contributed by atoms with Crippen LogP contribution in [0.2, 0.25) is 0 Å². The first-order chi connectivity index (χ1) is 11.6. The van der Waals surface area contributed by atoms with Crippen LogP contribution >= 0.6 is 11.8 Å². The van der Waals surface area contributed by atoms with E-state index >= 15 is 0 Å². The number of hydrogen-bond acceptors (Lipinski definition) is 7. The normalized spacial score (nSPS) is 11.0. The Morgan fingerprint density at radius 1 is 1.33 bits per heavy atom. The predicted octanol–water partition coefficient (Wildman–Crippen LogP) is 3.02. The minimum absolute atomic E-state index is 0.0970. The molecule has 0 spiro atoms. The van der Waals surface area contributed by atoms with Crippen LogP contribution in [0.5, 0.6) is 0 Å². The zero-order valence-corrected chi connectivity index (χ0v) is 13.9. The van der Waals surface area contributed by atoms with Crippen molar-refractivity contribution < 1.29 is 4.92 Å². The van der Waals surface area contributed by atoms with Crippen LogP contribution in [-0.4, -0.2) is 24.4 Å². The molecule has 0 fully saturated rings. The highest BCUT2D eigenvalue weighted by molar-refractivity contribution is 7.98. The quantitative estimate of drug-likeness (QED) is 0.316. The third-order valence-corrected chi connectivity index (χ3v) is 4.48. The van der Waals surface area contributed by atoms with Gasteiger partial charge in [0.05, 0.1) is 11.3 Å². The fourth-order valence-corrected chi connectivity index (χ4v) is 3.37. The number of thioether (sulfide) groups is 1. The molecule has 0 saturated heterocycles. The molecule has 2 heterocycles. The fourth-order valence-electron chi connectivity index (χ4n) is 2.40. The Balaban J connectivity index is 1.92. The van der Waals surface area contributed by atoms with Crippen LogP contribution in [0.25, 0.3) is 11.2 Å². The van der Waals surface area contributed by atoms with Crippen molar-refractivity contribution in [1.82, 2.24) is 19.5 Å². The van der Waals surface area contributed by atoms with Gasteiger partial charge in [0.15, 0.2) is 5.65 Å². The number of nitrogens with zero attached hydrogens (tertiary/aromatic N) is 5. The van der Waals surface area contributed by atoms with E-state index in [0.29, 0.717) is 27.5 Å². The number of para-hydroxylation sites is 1. The molecule has 124 valence electrons. The van der Waals surface area contributed by atoms with Gasteiger partial charge in [0.25, 0.3) is 5.69 Å². The summed E-state index contributed by atoms with van der Waals surface area (Å²) in [6, 6.07) is 6.67. The first-order valence-electron chi connectivity index (χ1n) is 7.43. The summed E-state index contributed by atoms with van der Waals surface area (Å²) < 4.78 is 1.93. The number of nitrogens with two attached hydrogens (primary N) is 1. The van der Waals surface area contributed by atoms with Crippen molar-refractivity contribution in [3.8, 4) is 0 Å². The van der Waals surface area contributed by atoms with E-state index in [9.17, 15) is 10.1 Å². The van der Waals surface area contributed by atoms with Gasteiger partial charge in [-0.3, -0.25) is 10.1 Å². The molecule has 0 aliphatic carbocycles. The molecule has 2 N–H and O–H groups in total. The first kappa shape index (κ1) is 16.2. The van der Waals surface area contributed by atoms with Crippen LogP contribution in [0.3, 0.4) is 0 Å². The van der Waals surface area contributed by atoms with Crippen molar-refractivity contribution in [1.29, 1.82) is 0 Å². The smallest absolute Gasteiger partial charge is 0.273 e. The molecule has 1 aromatic carbocycles. The Kier molecular flexibility index (Phi) is 4.61. The van der Waals surface area contributed by atoms with Gasteiger partial charge in [-0.1, -0.05) is 36.9 Å². The number of nitro groups is 1. The van der Waals surface area contributed by atoms with E-state index in [-0.39, 0.29) is 16.6 Å². The lowest BCUT2D eigenvalue weighted by molar-refractivity contribution is -0.385. The molecule has 2 aromatic heterocycles. The van der Waals surface area contributed by atoms with E-state index in [2.05, 4.69) is 21.9 Å². The minimum Gasteiger partial charge on any atom is -0.368 e. The van der Waals surface area contributed by atoms with Crippen LogP contribution in [0.1, 0.15) is 18.9 Å². The Hall–Kier alpha value is -2.68. The maximum Gasteiger partial charge on any atom is 0.273 e. The van der Waals surface area contributed by atoms with Gasteiger partial charge in [-0.05, 0) is 6.42 Å². The van der Waals surface area contributed by atoms with Gasteiger partial charge in [-0.2, -0.15) is 4.98 Å². The Morgan fingerprint density at radius 3 is 2.88 bits per heavy atom. The van der Waals surface area contributed by atoms with Crippen molar-refractivity contribution in [3.05, 3.63) is 46.3 Å². The van der Waals surface area contributed by atoms with E-state index in [1.807, 2.05) is 4.57 Å². The summed E-state index contributed by atoms with van der Waals surface area (Å²) in [6.45, 7) is 2.86. The largest absolute Gasteiger partial charge is 0.368 e. The maximum atomic E-state index is 11.1. The van der Waals surface area contributed by atoms with E-state index in [4.69, 9.17) is 5.73 Å². The molecule has 0 atom stereocenters. The molecule has 24 heavy (non-hydrogen) atoms. The number of aromatic nitrogens is 4. The first-order valence-corrected chi connectivity index (χ1v) is 8.42. The van der Waals surface area contributed by atoms with Gasteiger partial charge in [0.1, 0.15) is 10.5 Å². The lowest BCUT2D eigenvalue weighted by Crippen LogP contribution is -2.02. The summed E-state index contributed by atoms with van der Waals surface area (Å²) in [5.41, 5.74) is 7.90. The molecule has 0 saturated carbocycles. The van der Waals surface area contributed by atoms with Gasteiger partial charge >= 0.3 is 0 Å². The Morgan fingerprint density at radius 2 is 2.12 bits per heavy atom. The molecule has 9 heteroatoms. The molecule has 0 aliphatic heterocycles. The lowest BCUT2D eigenvalue weighted by Gasteiger charge is -2.05. The van der Waals surface area contributed by atoms with Crippen molar-refractivity contribution in [2.24, 2.45) is 0 Å².